The average Bonchev–Trinajstić information content (AvgIpc) is 2.52. The van der Waals surface area contributed by atoms with Crippen LogP contribution < -0.4 is 10.6 Å². The van der Waals surface area contributed by atoms with Gasteiger partial charge in [0.15, 0.2) is 11.6 Å². The van der Waals surface area contributed by atoms with Gasteiger partial charge in [-0.2, -0.15) is 0 Å². The number of nitrogens with zero attached hydrogens (tertiary/aromatic N) is 1. The van der Waals surface area contributed by atoms with Crippen molar-refractivity contribution in [1.29, 1.82) is 0 Å². The van der Waals surface area contributed by atoms with E-state index >= 15 is 0 Å². The first-order chi connectivity index (χ1) is 11.0. The Kier molecular flexibility index (Phi) is 5.64. The first kappa shape index (κ1) is 16.9. The minimum atomic E-state index is -0.526. The van der Waals surface area contributed by atoms with Gasteiger partial charge in [-0.3, -0.25) is 9.59 Å². The van der Waals surface area contributed by atoms with E-state index in [2.05, 4.69) is 31.5 Å². The molecule has 0 unspecified atom stereocenters. The number of hydrogen-bond acceptors (Lipinski definition) is 4. The smallest absolute Gasteiger partial charge is 0.252 e. The second kappa shape index (κ2) is 7.68. The van der Waals surface area contributed by atoms with Crippen molar-refractivity contribution >= 4 is 33.6 Å². The zero-order valence-corrected chi connectivity index (χ0v) is 13.4. The number of nitrogens with one attached hydrogen (secondary N) is 2. The molecule has 2 rings (SSSR count). The molecule has 120 valence electrons. The van der Waals surface area contributed by atoms with Gasteiger partial charge >= 0.3 is 0 Å². The summed E-state index contributed by atoms with van der Waals surface area (Å²) < 4.78 is 13.6. The number of anilines is 1. The zero-order valence-electron chi connectivity index (χ0n) is 11.8. The minimum Gasteiger partial charge on any atom is -0.504 e. The van der Waals surface area contributed by atoms with Crippen molar-refractivity contribution in [2.75, 3.05) is 11.9 Å². The van der Waals surface area contributed by atoms with Crippen molar-refractivity contribution in [3.63, 3.8) is 0 Å². The molecule has 1 heterocycles. The number of aromatic nitrogens is 1. The lowest BCUT2D eigenvalue weighted by Gasteiger charge is -2.08. The second-order valence-corrected chi connectivity index (χ2v) is 5.40. The van der Waals surface area contributed by atoms with E-state index in [1.807, 2.05) is 0 Å². The summed E-state index contributed by atoms with van der Waals surface area (Å²) in [4.78, 5) is 27.5. The van der Waals surface area contributed by atoms with Crippen molar-refractivity contribution in [3.8, 4) is 5.75 Å². The maximum absolute atomic E-state index is 13.1. The molecule has 0 atom stereocenters. The highest BCUT2D eigenvalue weighted by Gasteiger charge is 2.12. The molecule has 3 N–H and O–H groups in total. The van der Waals surface area contributed by atoms with E-state index in [4.69, 9.17) is 0 Å². The molecule has 23 heavy (non-hydrogen) atoms. The van der Waals surface area contributed by atoms with Gasteiger partial charge in [0, 0.05) is 23.6 Å². The Morgan fingerprint density at radius 3 is 2.83 bits per heavy atom. The molecule has 0 saturated heterocycles. The second-order valence-electron chi connectivity index (χ2n) is 4.55. The lowest BCUT2D eigenvalue weighted by molar-refractivity contribution is -0.116. The van der Waals surface area contributed by atoms with Crippen LogP contribution in [-0.2, 0) is 4.79 Å². The van der Waals surface area contributed by atoms with Gasteiger partial charge in [0.25, 0.3) is 5.91 Å². The van der Waals surface area contributed by atoms with Crippen LogP contribution >= 0.6 is 15.9 Å². The Morgan fingerprint density at radius 1 is 1.30 bits per heavy atom. The molecule has 2 aromatic rings. The Labute approximate surface area is 139 Å². The van der Waals surface area contributed by atoms with Gasteiger partial charge in [-0.1, -0.05) is 0 Å². The van der Waals surface area contributed by atoms with Crippen LogP contribution in [0.3, 0.4) is 0 Å². The van der Waals surface area contributed by atoms with E-state index in [0.29, 0.717) is 4.47 Å². The highest BCUT2D eigenvalue weighted by Crippen LogP contribution is 2.19. The third kappa shape index (κ3) is 4.75. The number of pyridine rings is 1. The van der Waals surface area contributed by atoms with Gasteiger partial charge in [-0.25, -0.2) is 9.37 Å². The van der Waals surface area contributed by atoms with Crippen molar-refractivity contribution in [3.05, 3.63) is 52.4 Å². The van der Waals surface area contributed by atoms with Crippen LogP contribution in [0.5, 0.6) is 5.75 Å². The predicted molar refractivity (Wildman–Crippen MR) is 85.6 cm³/mol. The number of carbonyl (C=O) groups excluding carboxylic acids is 2. The monoisotopic (exact) mass is 381 g/mol. The van der Waals surface area contributed by atoms with Crippen LogP contribution in [-0.4, -0.2) is 28.4 Å². The molecule has 0 aliphatic rings. The molecule has 8 heteroatoms. The number of amides is 2. The topological polar surface area (TPSA) is 91.3 Å². The maximum atomic E-state index is 13.1. The van der Waals surface area contributed by atoms with Gasteiger partial charge in [0.1, 0.15) is 5.82 Å². The number of benzene rings is 1. The number of rotatable bonds is 5. The van der Waals surface area contributed by atoms with Gasteiger partial charge in [-0.15, -0.1) is 0 Å². The molecule has 1 aromatic carbocycles. The van der Waals surface area contributed by atoms with Crippen LogP contribution in [0.2, 0.25) is 0 Å². The third-order valence-corrected chi connectivity index (χ3v) is 3.55. The van der Waals surface area contributed by atoms with E-state index < -0.39 is 17.6 Å². The standard InChI is InChI=1S/C15H13BrFN3O3/c16-11-4-3-9(17)8-10(11)15(23)19-7-5-13(22)20-14-12(21)2-1-6-18-14/h1-4,6,8,21H,5,7H2,(H,19,23)(H,18,20,22). The van der Waals surface area contributed by atoms with Gasteiger partial charge in [-0.05, 0) is 46.3 Å². The summed E-state index contributed by atoms with van der Waals surface area (Å²) in [6.45, 7) is 0.0568. The summed E-state index contributed by atoms with van der Waals surface area (Å²) in [5.41, 5.74) is 0.146. The lowest BCUT2D eigenvalue weighted by atomic mass is 10.2. The first-order valence-corrected chi connectivity index (χ1v) is 7.44. The fourth-order valence-corrected chi connectivity index (χ4v) is 2.17. The fourth-order valence-electron chi connectivity index (χ4n) is 1.74. The van der Waals surface area contributed by atoms with E-state index in [1.54, 1.807) is 0 Å². The maximum Gasteiger partial charge on any atom is 0.252 e. The third-order valence-electron chi connectivity index (χ3n) is 2.85. The first-order valence-electron chi connectivity index (χ1n) is 6.64. The van der Waals surface area contributed by atoms with Crippen molar-refractivity contribution in [2.45, 2.75) is 6.42 Å². The van der Waals surface area contributed by atoms with Crippen LogP contribution in [0.1, 0.15) is 16.8 Å². The quantitative estimate of drug-likeness (QED) is 0.741. The summed E-state index contributed by atoms with van der Waals surface area (Å²) in [6, 6.07) is 6.69. The van der Waals surface area contributed by atoms with Crippen molar-refractivity contribution < 1.29 is 19.1 Å². The van der Waals surface area contributed by atoms with Crippen molar-refractivity contribution in [1.82, 2.24) is 10.3 Å². The van der Waals surface area contributed by atoms with Gasteiger partial charge in [0.05, 0.1) is 5.56 Å². The summed E-state index contributed by atoms with van der Waals surface area (Å²) in [7, 11) is 0. The van der Waals surface area contributed by atoms with E-state index in [-0.39, 0.29) is 30.1 Å². The van der Waals surface area contributed by atoms with Crippen LogP contribution in [0.15, 0.2) is 41.0 Å². The Morgan fingerprint density at radius 2 is 2.09 bits per heavy atom. The molecule has 0 aliphatic heterocycles. The van der Waals surface area contributed by atoms with Crippen LogP contribution in [0.4, 0.5) is 10.2 Å². The summed E-state index contributed by atoms with van der Waals surface area (Å²) in [5, 5.41) is 14.4. The molecule has 0 radical (unpaired) electrons. The van der Waals surface area contributed by atoms with Crippen molar-refractivity contribution in [2.24, 2.45) is 0 Å². The molecular formula is C15H13BrFN3O3. The molecular weight excluding hydrogens is 369 g/mol. The number of hydrogen-bond donors (Lipinski definition) is 3. The van der Waals surface area contributed by atoms with Gasteiger partial charge in [0.2, 0.25) is 5.91 Å². The highest BCUT2D eigenvalue weighted by molar-refractivity contribution is 9.10. The normalized spacial score (nSPS) is 10.2. The summed E-state index contributed by atoms with van der Waals surface area (Å²) >= 11 is 3.16. The molecule has 2 amide bonds. The predicted octanol–water partition coefficient (Wildman–Crippen LogP) is 2.45. The SMILES string of the molecule is O=C(CCNC(=O)c1cc(F)ccc1Br)Nc1ncccc1O. The largest absolute Gasteiger partial charge is 0.504 e. The molecule has 0 fully saturated rings. The highest BCUT2D eigenvalue weighted by atomic mass is 79.9. The number of aromatic hydroxyl groups is 1. The van der Waals surface area contributed by atoms with Crippen LogP contribution in [0, 0.1) is 5.82 Å². The minimum absolute atomic E-state index is 0.0192. The summed E-state index contributed by atoms with van der Waals surface area (Å²) in [5.74, 6) is -1.53. The van der Waals surface area contributed by atoms with E-state index in [0.717, 1.165) is 6.07 Å². The average molecular weight is 382 g/mol. The fraction of sp³-hybridized carbons (Fsp3) is 0.133. The summed E-state index contributed by atoms with van der Waals surface area (Å²) in [6.07, 6.45) is 1.41. The van der Waals surface area contributed by atoms with E-state index in [9.17, 15) is 19.1 Å². The number of halogens is 2. The molecule has 1 aromatic heterocycles. The molecule has 0 aliphatic carbocycles. The van der Waals surface area contributed by atoms with E-state index in [1.165, 1.54) is 30.5 Å². The number of carbonyl (C=O) groups is 2. The molecule has 0 spiro atoms. The Balaban J connectivity index is 1.85. The van der Waals surface area contributed by atoms with Gasteiger partial charge < -0.3 is 15.7 Å². The lowest BCUT2D eigenvalue weighted by Crippen LogP contribution is -2.28. The van der Waals surface area contributed by atoms with Crippen LogP contribution in [0.25, 0.3) is 0 Å². The molecule has 0 saturated carbocycles. The molecule has 0 bridgehead atoms. The Bertz CT molecular complexity index is 740. The Hall–Kier alpha value is -2.48. The molecule has 6 nitrogen and oxygen atoms in total. The zero-order chi connectivity index (χ0) is 16.8.